The molecule has 0 unspecified atom stereocenters. The highest BCUT2D eigenvalue weighted by atomic mass is 35.5. The van der Waals surface area contributed by atoms with Crippen LogP contribution < -0.4 is 5.73 Å². The van der Waals surface area contributed by atoms with Crippen molar-refractivity contribution in [2.45, 2.75) is 18.4 Å². The number of halogens is 1. The number of anilines is 1. The minimum absolute atomic E-state index is 0.00873. The molecule has 0 aromatic carbocycles. The van der Waals surface area contributed by atoms with E-state index >= 15 is 0 Å². The number of nitrogens with zero attached hydrogens (tertiary/aromatic N) is 4. The second-order valence-electron chi connectivity index (χ2n) is 4.13. The molecular formula is C10H11ClN5O3. The maximum atomic E-state index is 9.91. The maximum absolute atomic E-state index is 9.91. The molecule has 3 atom stereocenters. The lowest BCUT2D eigenvalue weighted by Crippen LogP contribution is -2.19. The number of nitrogen functional groups attached to an aromatic ring is 1. The smallest absolute Gasteiger partial charge is 0.223 e. The topological polar surface area (TPSA) is 119 Å². The van der Waals surface area contributed by atoms with Gasteiger partial charge < -0.3 is 20.7 Å². The van der Waals surface area contributed by atoms with E-state index in [1.807, 2.05) is 0 Å². The first-order valence-corrected chi connectivity index (χ1v) is 5.93. The Bertz CT molecular complexity index is 618. The number of aliphatic hydroxyl groups excluding tert-OH is 2. The standard InChI is InChI=1S/C10H11ClN5O3/c11-7-6-8(15-10(12)14-7)16(3-13-6)9-5(18)1-4(2-17)19-9/h1,3-5,9,17-18H,2H2,(H2,12,14,15)/t4-,5+,9+/m0/s1. The third kappa shape index (κ3) is 2.02. The largest absolute Gasteiger partial charge is 0.394 e. The van der Waals surface area contributed by atoms with Crippen LogP contribution in [0.1, 0.15) is 6.23 Å². The number of aliphatic hydroxyl groups is 2. The molecule has 3 rings (SSSR count). The van der Waals surface area contributed by atoms with Gasteiger partial charge in [-0.25, -0.2) is 4.98 Å². The molecular weight excluding hydrogens is 274 g/mol. The van der Waals surface area contributed by atoms with Crippen molar-refractivity contribution >= 4 is 28.7 Å². The highest BCUT2D eigenvalue weighted by Crippen LogP contribution is 2.31. The SMILES string of the molecule is Nc1nc(Cl)c2ncn([C@@H]3O[C@H](CO)[CH][C@H]3O)c2n1. The molecule has 101 valence electrons. The van der Waals surface area contributed by atoms with Gasteiger partial charge in [0.15, 0.2) is 17.0 Å². The molecule has 2 aromatic heterocycles. The monoisotopic (exact) mass is 284 g/mol. The molecule has 1 saturated heterocycles. The number of imidazole rings is 1. The van der Waals surface area contributed by atoms with Gasteiger partial charge in [-0.15, -0.1) is 0 Å². The van der Waals surface area contributed by atoms with Crippen LogP contribution in [0.25, 0.3) is 11.2 Å². The Balaban J connectivity index is 2.06. The van der Waals surface area contributed by atoms with Crippen LogP contribution in [0.3, 0.4) is 0 Å². The lowest BCUT2D eigenvalue weighted by atomic mass is 10.2. The molecule has 4 N–H and O–H groups in total. The van der Waals surface area contributed by atoms with Gasteiger partial charge in [-0.2, -0.15) is 9.97 Å². The number of rotatable bonds is 2. The summed E-state index contributed by atoms with van der Waals surface area (Å²) in [6.45, 7) is -0.210. The average molecular weight is 285 g/mol. The summed E-state index contributed by atoms with van der Waals surface area (Å²) >= 11 is 5.92. The van der Waals surface area contributed by atoms with E-state index in [9.17, 15) is 5.11 Å². The molecule has 0 saturated carbocycles. The van der Waals surface area contributed by atoms with Gasteiger partial charge in [0.2, 0.25) is 5.95 Å². The van der Waals surface area contributed by atoms with Crippen molar-refractivity contribution in [1.29, 1.82) is 0 Å². The molecule has 3 heterocycles. The number of hydrogen-bond acceptors (Lipinski definition) is 7. The number of hydrogen-bond donors (Lipinski definition) is 3. The van der Waals surface area contributed by atoms with E-state index in [0.29, 0.717) is 11.2 Å². The average Bonchev–Trinajstić information content (AvgIpc) is 2.92. The van der Waals surface area contributed by atoms with E-state index in [4.69, 9.17) is 27.2 Å². The van der Waals surface area contributed by atoms with E-state index in [-0.39, 0.29) is 17.7 Å². The second kappa shape index (κ2) is 4.57. The van der Waals surface area contributed by atoms with Gasteiger partial charge in [-0.1, -0.05) is 11.6 Å². The summed E-state index contributed by atoms with van der Waals surface area (Å²) in [5.41, 5.74) is 6.28. The molecule has 0 spiro atoms. The Labute approximate surface area is 112 Å². The van der Waals surface area contributed by atoms with Gasteiger partial charge in [-0.05, 0) is 0 Å². The first-order chi connectivity index (χ1) is 9.10. The van der Waals surface area contributed by atoms with Crippen LogP contribution in [0.15, 0.2) is 6.33 Å². The van der Waals surface area contributed by atoms with Crippen LogP contribution in [0.2, 0.25) is 5.15 Å². The van der Waals surface area contributed by atoms with Gasteiger partial charge in [0.25, 0.3) is 0 Å². The molecule has 0 amide bonds. The molecule has 19 heavy (non-hydrogen) atoms. The van der Waals surface area contributed by atoms with Crippen LogP contribution in [0.4, 0.5) is 5.95 Å². The molecule has 1 fully saturated rings. The summed E-state index contributed by atoms with van der Waals surface area (Å²) in [5.74, 6) is 0.00873. The van der Waals surface area contributed by atoms with Crippen LogP contribution in [0.5, 0.6) is 0 Å². The first kappa shape index (κ1) is 12.5. The minimum Gasteiger partial charge on any atom is -0.394 e. The van der Waals surface area contributed by atoms with E-state index in [1.54, 1.807) is 0 Å². The fourth-order valence-corrected chi connectivity index (χ4v) is 2.26. The number of fused-ring (bicyclic) bond motifs is 1. The predicted octanol–water partition coefficient (Wildman–Crippen LogP) is -0.483. The summed E-state index contributed by atoms with van der Waals surface area (Å²) in [6, 6.07) is 0. The van der Waals surface area contributed by atoms with Crippen molar-refractivity contribution in [3.63, 3.8) is 0 Å². The number of nitrogens with two attached hydrogens (primary N) is 1. The molecule has 0 aliphatic carbocycles. The third-order valence-corrected chi connectivity index (χ3v) is 3.13. The van der Waals surface area contributed by atoms with Crippen molar-refractivity contribution in [2.24, 2.45) is 0 Å². The van der Waals surface area contributed by atoms with E-state index in [2.05, 4.69) is 15.0 Å². The van der Waals surface area contributed by atoms with E-state index in [0.717, 1.165) is 0 Å². The minimum atomic E-state index is -0.885. The van der Waals surface area contributed by atoms with Gasteiger partial charge in [0.1, 0.15) is 11.6 Å². The molecule has 1 aliphatic rings. The predicted molar refractivity (Wildman–Crippen MR) is 66.0 cm³/mol. The second-order valence-corrected chi connectivity index (χ2v) is 4.49. The summed E-state index contributed by atoms with van der Waals surface area (Å²) in [6.07, 6.45) is 0.790. The lowest BCUT2D eigenvalue weighted by molar-refractivity contribution is -0.0483. The zero-order valence-corrected chi connectivity index (χ0v) is 10.4. The highest BCUT2D eigenvalue weighted by Gasteiger charge is 2.36. The fraction of sp³-hybridized carbons (Fsp3) is 0.400. The molecule has 9 heteroatoms. The molecule has 2 aromatic rings. The quantitative estimate of drug-likeness (QED) is 0.637. The molecule has 1 radical (unpaired) electrons. The van der Waals surface area contributed by atoms with Gasteiger partial charge >= 0.3 is 0 Å². The van der Waals surface area contributed by atoms with Crippen LogP contribution in [-0.2, 0) is 4.74 Å². The number of ether oxygens (including phenoxy) is 1. The van der Waals surface area contributed by atoms with Crippen molar-refractivity contribution in [3.8, 4) is 0 Å². The Hall–Kier alpha value is -1.48. The Morgan fingerprint density at radius 2 is 2.26 bits per heavy atom. The molecule has 8 nitrogen and oxygen atoms in total. The summed E-state index contributed by atoms with van der Waals surface area (Å²) in [5, 5.41) is 19.1. The number of aromatic nitrogens is 4. The molecule has 0 bridgehead atoms. The van der Waals surface area contributed by atoms with Gasteiger partial charge in [-0.3, -0.25) is 4.57 Å². The lowest BCUT2D eigenvalue weighted by Gasteiger charge is -2.16. The van der Waals surface area contributed by atoms with Crippen molar-refractivity contribution in [3.05, 3.63) is 17.9 Å². The Kier molecular flexibility index (Phi) is 3.02. The zero-order chi connectivity index (χ0) is 13.6. The van der Waals surface area contributed by atoms with Crippen LogP contribution in [-0.4, -0.2) is 48.5 Å². The normalized spacial score (nSPS) is 27.2. The van der Waals surface area contributed by atoms with Crippen molar-refractivity contribution in [1.82, 2.24) is 19.5 Å². The Morgan fingerprint density at radius 3 is 2.95 bits per heavy atom. The van der Waals surface area contributed by atoms with E-state index in [1.165, 1.54) is 17.3 Å². The highest BCUT2D eigenvalue weighted by molar-refractivity contribution is 6.33. The fourth-order valence-electron chi connectivity index (χ4n) is 2.04. The van der Waals surface area contributed by atoms with Crippen molar-refractivity contribution < 1.29 is 14.9 Å². The Morgan fingerprint density at radius 1 is 1.47 bits per heavy atom. The summed E-state index contributed by atoms with van der Waals surface area (Å²) in [4.78, 5) is 11.9. The van der Waals surface area contributed by atoms with Gasteiger partial charge in [0.05, 0.1) is 19.0 Å². The van der Waals surface area contributed by atoms with Crippen LogP contribution >= 0.6 is 11.6 Å². The summed E-state index contributed by atoms with van der Waals surface area (Å²) in [7, 11) is 0. The van der Waals surface area contributed by atoms with Crippen LogP contribution in [0, 0.1) is 6.42 Å². The zero-order valence-electron chi connectivity index (χ0n) is 9.64. The summed E-state index contributed by atoms with van der Waals surface area (Å²) < 4.78 is 6.99. The van der Waals surface area contributed by atoms with E-state index < -0.39 is 18.4 Å². The van der Waals surface area contributed by atoms with Crippen molar-refractivity contribution in [2.75, 3.05) is 12.3 Å². The van der Waals surface area contributed by atoms with Gasteiger partial charge in [0, 0.05) is 6.42 Å². The molecule has 1 aliphatic heterocycles. The first-order valence-electron chi connectivity index (χ1n) is 5.55. The third-order valence-electron chi connectivity index (χ3n) is 2.87. The maximum Gasteiger partial charge on any atom is 0.223 e.